The lowest BCUT2D eigenvalue weighted by Gasteiger charge is -2.25. The highest BCUT2D eigenvalue weighted by molar-refractivity contribution is 9.10. The van der Waals surface area contributed by atoms with Crippen LogP contribution < -0.4 is 10.6 Å². The van der Waals surface area contributed by atoms with E-state index in [0.29, 0.717) is 12.2 Å². The number of aromatic nitrogens is 1. The third kappa shape index (κ3) is 3.14. The van der Waals surface area contributed by atoms with Crippen molar-refractivity contribution in [3.63, 3.8) is 0 Å². The predicted octanol–water partition coefficient (Wildman–Crippen LogP) is 2.81. The number of carbonyl (C=O) groups excluding carboxylic acids is 1. The second-order valence-corrected chi connectivity index (χ2v) is 6.01. The number of halogens is 1. The van der Waals surface area contributed by atoms with Crippen molar-refractivity contribution in [1.29, 1.82) is 0 Å². The molecule has 1 aliphatic rings. The Morgan fingerprint density at radius 1 is 1.29 bits per heavy atom. The van der Waals surface area contributed by atoms with Crippen LogP contribution >= 0.6 is 15.9 Å². The molecule has 4 nitrogen and oxygen atoms in total. The standard InChI is InChI=1S/C16H16BrN3O/c1-10-13(17)6-7-15(19-10)20-16(21)14-8-11-4-2-3-5-12(11)9-18-14/h2-7,14,18H,8-9H2,1H3,(H,19,20,21). The molecule has 0 bridgehead atoms. The van der Waals surface area contributed by atoms with E-state index in [1.54, 1.807) is 6.07 Å². The minimum absolute atomic E-state index is 0.0428. The molecule has 1 unspecified atom stereocenters. The molecule has 0 aliphatic carbocycles. The van der Waals surface area contributed by atoms with Crippen molar-refractivity contribution in [1.82, 2.24) is 10.3 Å². The van der Waals surface area contributed by atoms with Crippen molar-refractivity contribution in [2.45, 2.75) is 25.9 Å². The highest BCUT2D eigenvalue weighted by atomic mass is 79.9. The number of aryl methyl sites for hydroxylation is 1. The summed E-state index contributed by atoms with van der Waals surface area (Å²) in [5.41, 5.74) is 3.35. The van der Waals surface area contributed by atoms with Crippen molar-refractivity contribution in [2.24, 2.45) is 0 Å². The number of anilines is 1. The topological polar surface area (TPSA) is 54.0 Å². The van der Waals surface area contributed by atoms with Crippen molar-refractivity contribution in [3.8, 4) is 0 Å². The molecule has 1 amide bonds. The first-order valence-electron chi connectivity index (χ1n) is 6.87. The van der Waals surface area contributed by atoms with Crippen LogP contribution in [-0.2, 0) is 17.8 Å². The SMILES string of the molecule is Cc1nc(NC(=O)C2Cc3ccccc3CN2)ccc1Br. The average molecular weight is 346 g/mol. The Balaban J connectivity index is 1.70. The summed E-state index contributed by atoms with van der Waals surface area (Å²) in [7, 11) is 0. The highest BCUT2D eigenvalue weighted by Crippen LogP contribution is 2.19. The normalized spacial score (nSPS) is 17.1. The summed E-state index contributed by atoms with van der Waals surface area (Å²) in [6.45, 7) is 2.62. The van der Waals surface area contributed by atoms with E-state index < -0.39 is 0 Å². The predicted molar refractivity (Wildman–Crippen MR) is 86.1 cm³/mol. The Morgan fingerprint density at radius 3 is 2.81 bits per heavy atom. The van der Waals surface area contributed by atoms with Gasteiger partial charge in [0.25, 0.3) is 0 Å². The fraction of sp³-hybridized carbons (Fsp3) is 0.250. The summed E-state index contributed by atoms with van der Waals surface area (Å²) >= 11 is 3.40. The van der Waals surface area contributed by atoms with Crippen LogP contribution in [-0.4, -0.2) is 16.9 Å². The lowest BCUT2D eigenvalue weighted by molar-refractivity contribution is -0.118. The Morgan fingerprint density at radius 2 is 2.05 bits per heavy atom. The summed E-state index contributed by atoms with van der Waals surface area (Å²) in [6.07, 6.45) is 0.706. The minimum atomic E-state index is -0.217. The molecular formula is C16H16BrN3O. The first-order chi connectivity index (χ1) is 10.1. The van der Waals surface area contributed by atoms with Crippen molar-refractivity contribution in [3.05, 3.63) is 57.7 Å². The van der Waals surface area contributed by atoms with Gasteiger partial charge in [-0.3, -0.25) is 4.79 Å². The minimum Gasteiger partial charge on any atom is -0.309 e. The number of hydrogen-bond acceptors (Lipinski definition) is 3. The number of nitrogens with zero attached hydrogens (tertiary/aromatic N) is 1. The first-order valence-corrected chi connectivity index (χ1v) is 7.67. The molecule has 0 saturated carbocycles. The smallest absolute Gasteiger partial charge is 0.243 e. The summed E-state index contributed by atoms with van der Waals surface area (Å²) in [4.78, 5) is 16.7. The second-order valence-electron chi connectivity index (χ2n) is 5.16. The first kappa shape index (κ1) is 14.2. The van der Waals surface area contributed by atoms with E-state index >= 15 is 0 Å². The molecule has 2 aromatic rings. The van der Waals surface area contributed by atoms with Gasteiger partial charge in [0.1, 0.15) is 5.82 Å². The highest BCUT2D eigenvalue weighted by Gasteiger charge is 2.24. The molecule has 1 atom stereocenters. The Kier molecular flexibility index (Phi) is 4.03. The van der Waals surface area contributed by atoms with E-state index in [9.17, 15) is 4.79 Å². The average Bonchev–Trinajstić information content (AvgIpc) is 2.50. The maximum absolute atomic E-state index is 12.3. The van der Waals surface area contributed by atoms with Gasteiger partial charge in [-0.05, 0) is 52.5 Å². The van der Waals surface area contributed by atoms with E-state index in [-0.39, 0.29) is 11.9 Å². The van der Waals surface area contributed by atoms with Crippen LogP contribution in [0.5, 0.6) is 0 Å². The second kappa shape index (κ2) is 5.95. The summed E-state index contributed by atoms with van der Waals surface area (Å²) in [6, 6.07) is 11.7. The van der Waals surface area contributed by atoms with E-state index in [2.05, 4.69) is 43.7 Å². The molecule has 0 fully saturated rings. The molecule has 0 saturated heterocycles. The zero-order chi connectivity index (χ0) is 14.8. The molecular weight excluding hydrogens is 330 g/mol. The largest absolute Gasteiger partial charge is 0.309 e. The van der Waals surface area contributed by atoms with Gasteiger partial charge in [-0.25, -0.2) is 4.98 Å². The Bertz CT molecular complexity index is 687. The number of benzene rings is 1. The van der Waals surface area contributed by atoms with Gasteiger partial charge in [-0.1, -0.05) is 24.3 Å². The van der Waals surface area contributed by atoms with Crippen LogP contribution in [0.4, 0.5) is 5.82 Å². The monoisotopic (exact) mass is 345 g/mol. The number of nitrogens with one attached hydrogen (secondary N) is 2. The third-order valence-electron chi connectivity index (χ3n) is 3.67. The van der Waals surface area contributed by atoms with Crippen molar-refractivity contribution in [2.75, 3.05) is 5.32 Å². The molecule has 5 heteroatoms. The van der Waals surface area contributed by atoms with Crippen LogP contribution in [0.15, 0.2) is 40.9 Å². The molecule has 2 heterocycles. The van der Waals surface area contributed by atoms with Gasteiger partial charge in [0.2, 0.25) is 5.91 Å². The van der Waals surface area contributed by atoms with Gasteiger partial charge in [0.15, 0.2) is 0 Å². The van der Waals surface area contributed by atoms with Crippen LogP contribution in [0.1, 0.15) is 16.8 Å². The van der Waals surface area contributed by atoms with E-state index in [0.717, 1.165) is 16.7 Å². The molecule has 3 rings (SSSR count). The zero-order valence-electron chi connectivity index (χ0n) is 11.7. The summed E-state index contributed by atoms with van der Waals surface area (Å²) in [5, 5.41) is 6.15. The fourth-order valence-corrected chi connectivity index (χ4v) is 2.69. The van der Waals surface area contributed by atoms with Gasteiger partial charge in [-0.15, -0.1) is 0 Å². The quantitative estimate of drug-likeness (QED) is 0.879. The number of fused-ring (bicyclic) bond motifs is 1. The molecule has 2 N–H and O–H groups in total. The molecule has 0 radical (unpaired) electrons. The molecule has 1 aromatic carbocycles. The van der Waals surface area contributed by atoms with E-state index in [4.69, 9.17) is 0 Å². The number of carbonyl (C=O) groups is 1. The van der Waals surface area contributed by atoms with Crippen molar-refractivity contribution >= 4 is 27.7 Å². The number of amides is 1. The van der Waals surface area contributed by atoms with Gasteiger partial charge < -0.3 is 10.6 Å². The van der Waals surface area contributed by atoms with Crippen molar-refractivity contribution < 1.29 is 4.79 Å². The fourth-order valence-electron chi connectivity index (χ4n) is 2.47. The summed E-state index contributed by atoms with van der Waals surface area (Å²) < 4.78 is 0.935. The van der Waals surface area contributed by atoms with Crippen LogP contribution in [0.3, 0.4) is 0 Å². The molecule has 108 valence electrons. The van der Waals surface area contributed by atoms with Gasteiger partial charge in [0.05, 0.1) is 11.7 Å². The molecule has 1 aromatic heterocycles. The number of pyridine rings is 1. The maximum Gasteiger partial charge on any atom is 0.243 e. The number of rotatable bonds is 2. The van der Waals surface area contributed by atoms with Crippen LogP contribution in [0.25, 0.3) is 0 Å². The lowest BCUT2D eigenvalue weighted by atomic mass is 9.95. The van der Waals surface area contributed by atoms with Gasteiger partial charge in [0, 0.05) is 11.0 Å². The molecule has 21 heavy (non-hydrogen) atoms. The third-order valence-corrected chi connectivity index (χ3v) is 4.51. The molecule has 1 aliphatic heterocycles. The lowest BCUT2D eigenvalue weighted by Crippen LogP contribution is -2.44. The van der Waals surface area contributed by atoms with Gasteiger partial charge >= 0.3 is 0 Å². The zero-order valence-corrected chi connectivity index (χ0v) is 13.3. The van der Waals surface area contributed by atoms with E-state index in [1.165, 1.54) is 11.1 Å². The number of hydrogen-bond donors (Lipinski definition) is 2. The molecule has 0 spiro atoms. The van der Waals surface area contributed by atoms with Gasteiger partial charge in [-0.2, -0.15) is 0 Å². The van der Waals surface area contributed by atoms with Crippen LogP contribution in [0, 0.1) is 6.92 Å². The maximum atomic E-state index is 12.3. The van der Waals surface area contributed by atoms with E-state index in [1.807, 2.05) is 25.1 Å². The Hall–Kier alpha value is -1.72. The Labute approximate surface area is 132 Å². The summed E-state index contributed by atoms with van der Waals surface area (Å²) in [5.74, 6) is 0.542. The van der Waals surface area contributed by atoms with Crippen LogP contribution in [0.2, 0.25) is 0 Å².